The molecule has 1 atom stereocenters. The smallest absolute Gasteiger partial charge is 0.242 e. The maximum Gasteiger partial charge on any atom is 0.242 e. The van der Waals surface area contributed by atoms with Crippen molar-refractivity contribution >= 4 is 21.8 Å². The van der Waals surface area contributed by atoms with E-state index in [2.05, 4.69) is 15.4 Å². The molecule has 0 saturated heterocycles. The van der Waals surface area contributed by atoms with Crippen molar-refractivity contribution in [2.75, 3.05) is 13.1 Å². The molecule has 140 valence electrons. The molecule has 0 fully saturated rings. The van der Waals surface area contributed by atoms with Crippen LogP contribution in [0.3, 0.4) is 0 Å². The highest BCUT2D eigenvalue weighted by molar-refractivity contribution is 7.89. The van der Waals surface area contributed by atoms with Gasteiger partial charge in [0, 0.05) is 19.5 Å². The minimum atomic E-state index is -3.59. The third kappa shape index (κ3) is 6.83. The number of carbonyl (C=O) groups is 2. The Kier molecular flexibility index (Phi) is 8.05. The summed E-state index contributed by atoms with van der Waals surface area (Å²) in [5.41, 5.74) is 1.93. The van der Waals surface area contributed by atoms with Crippen LogP contribution >= 0.6 is 0 Å². The van der Waals surface area contributed by atoms with Crippen molar-refractivity contribution in [3.8, 4) is 0 Å². The Morgan fingerprint density at radius 3 is 2.44 bits per heavy atom. The predicted octanol–water partition coefficient (Wildman–Crippen LogP) is 1.00. The second-order valence-electron chi connectivity index (χ2n) is 5.93. The van der Waals surface area contributed by atoms with Crippen molar-refractivity contribution in [1.82, 2.24) is 15.4 Å². The van der Waals surface area contributed by atoms with Crippen molar-refractivity contribution in [2.45, 2.75) is 51.5 Å². The molecular formula is C17H27N3O4S. The third-order valence-corrected chi connectivity index (χ3v) is 5.24. The molecular weight excluding hydrogens is 342 g/mol. The standard InChI is InChI=1S/C17H27N3O4S/c1-5-18-17(22)14(4)20-16(21)7-6-10-19-25(23,24)15-9-8-12(2)13(3)11-15/h8-9,11,14,19H,5-7,10H2,1-4H3,(H,18,22)(H,20,21)/t14-/m0/s1. The Morgan fingerprint density at radius 1 is 1.16 bits per heavy atom. The minimum Gasteiger partial charge on any atom is -0.355 e. The molecule has 0 heterocycles. The fraction of sp³-hybridized carbons (Fsp3) is 0.529. The zero-order chi connectivity index (χ0) is 19.0. The van der Waals surface area contributed by atoms with E-state index in [1.54, 1.807) is 32.0 Å². The average Bonchev–Trinajstić information content (AvgIpc) is 2.54. The SMILES string of the molecule is CCNC(=O)[C@H](C)NC(=O)CCCNS(=O)(=O)c1ccc(C)c(C)c1. The van der Waals surface area contributed by atoms with Gasteiger partial charge >= 0.3 is 0 Å². The first-order valence-corrected chi connectivity index (χ1v) is 9.79. The maximum absolute atomic E-state index is 12.2. The quantitative estimate of drug-likeness (QED) is 0.565. The molecule has 0 radical (unpaired) electrons. The van der Waals surface area contributed by atoms with Crippen molar-refractivity contribution < 1.29 is 18.0 Å². The van der Waals surface area contributed by atoms with Crippen LogP contribution < -0.4 is 15.4 Å². The topological polar surface area (TPSA) is 104 Å². The number of rotatable bonds is 9. The van der Waals surface area contributed by atoms with Gasteiger partial charge in [-0.1, -0.05) is 6.07 Å². The van der Waals surface area contributed by atoms with E-state index in [9.17, 15) is 18.0 Å². The van der Waals surface area contributed by atoms with Gasteiger partial charge in [-0.25, -0.2) is 13.1 Å². The number of likely N-dealkylation sites (N-methyl/N-ethyl adjacent to an activating group) is 1. The molecule has 7 nitrogen and oxygen atoms in total. The molecule has 2 amide bonds. The molecule has 25 heavy (non-hydrogen) atoms. The van der Waals surface area contributed by atoms with Gasteiger partial charge in [0.1, 0.15) is 6.04 Å². The Bertz CT molecular complexity index is 717. The average molecular weight is 369 g/mol. The summed E-state index contributed by atoms with van der Waals surface area (Å²) in [5, 5.41) is 5.20. The lowest BCUT2D eigenvalue weighted by molar-refractivity contribution is -0.128. The Morgan fingerprint density at radius 2 is 1.84 bits per heavy atom. The first-order valence-electron chi connectivity index (χ1n) is 8.31. The van der Waals surface area contributed by atoms with E-state index in [0.717, 1.165) is 11.1 Å². The number of sulfonamides is 1. The molecule has 0 aliphatic heterocycles. The summed E-state index contributed by atoms with van der Waals surface area (Å²) in [7, 11) is -3.59. The molecule has 1 aromatic rings. The summed E-state index contributed by atoms with van der Waals surface area (Å²) in [6.07, 6.45) is 0.483. The predicted molar refractivity (Wildman–Crippen MR) is 96.6 cm³/mol. The van der Waals surface area contributed by atoms with Crippen LogP contribution in [-0.4, -0.2) is 39.4 Å². The Hall–Kier alpha value is -1.93. The van der Waals surface area contributed by atoms with Crippen LogP contribution in [0.25, 0.3) is 0 Å². The summed E-state index contributed by atoms with van der Waals surface area (Å²) in [6.45, 7) is 7.82. The van der Waals surface area contributed by atoms with Crippen LogP contribution in [0.5, 0.6) is 0 Å². The van der Waals surface area contributed by atoms with Crippen molar-refractivity contribution in [2.24, 2.45) is 0 Å². The third-order valence-electron chi connectivity index (χ3n) is 3.78. The molecule has 0 saturated carbocycles. The minimum absolute atomic E-state index is 0.138. The summed E-state index contributed by atoms with van der Waals surface area (Å²) in [4.78, 5) is 23.5. The number of aryl methyl sites for hydroxylation is 2. The van der Waals surface area contributed by atoms with Gasteiger partial charge in [-0.3, -0.25) is 9.59 Å². The number of hydrogen-bond acceptors (Lipinski definition) is 4. The maximum atomic E-state index is 12.2. The lowest BCUT2D eigenvalue weighted by atomic mass is 10.1. The summed E-state index contributed by atoms with van der Waals surface area (Å²) < 4.78 is 26.9. The number of amides is 2. The molecule has 1 rings (SSSR count). The normalized spacial score (nSPS) is 12.5. The van der Waals surface area contributed by atoms with Crippen LogP contribution in [0, 0.1) is 13.8 Å². The van der Waals surface area contributed by atoms with Gasteiger partial charge < -0.3 is 10.6 Å². The first-order chi connectivity index (χ1) is 11.7. The van der Waals surface area contributed by atoms with E-state index in [1.165, 1.54) is 0 Å². The van der Waals surface area contributed by atoms with Gasteiger partial charge in [-0.2, -0.15) is 0 Å². The highest BCUT2D eigenvalue weighted by Gasteiger charge is 2.16. The van der Waals surface area contributed by atoms with Crippen molar-refractivity contribution in [3.63, 3.8) is 0 Å². The monoisotopic (exact) mass is 369 g/mol. The second-order valence-corrected chi connectivity index (χ2v) is 7.70. The van der Waals surface area contributed by atoms with E-state index in [4.69, 9.17) is 0 Å². The number of benzene rings is 1. The fourth-order valence-corrected chi connectivity index (χ4v) is 3.29. The molecule has 0 aromatic heterocycles. The van der Waals surface area contributed by atoms with Gasteiger partial charge in [0.25, 0.3) is 0 Å². The van der Waals surface area contributed by atoms with Gasteiger partial charge in [0.2, 0.25) is 21.8 Å². The second kappa shape index (κ2) is 9.53. The van der Waals surface area contributed by atoms with Gasteiger partial charge in [-0.15, -0.1) is 0 Å². The van der Waals surface area contributed by atoms with E-state index in [1.807, 2.05) is 13.8 Å². The summed E-state index contributed by atoms with van der Waals surface area (Å²) >= 11 is 0. The van der Waals surface area contributed by atoms with Crippen LogP contribution in [0.1, 0.15) is 37.8 Å². The van der Waals surface area contributed by atoms with Gasteiger partial charge in [-0.05, 0) is 57.4 Å². The molecule has 0 aliphatic carbocycles. The van der Waals surface area contributed by atoms with Crippen LogP contribution in [0.4, 0.5) is 0 Å². The van der Waals surface area contributed by atoms with Crippen LogP contribution in [0.15, 0.2) is 23.1 Å². The fourth-order valence-electron chi connectivity index (χ4n) is 2.13. The van der Waals surface area contributed by atoms with Crippen LogP contribution in [-0.2, 0) is 19.6 Å². The summed E-state index contributed by atoms with van der Waals surface area (Å²) in [5.74, 6) is -0.532. The zero-order valence-corrected chi connectivity index (χ0v) is 16.0. The van der Waals surface area contributed by atoms with Crippen molar-refractivity contribution in [3.05, 3.63) is 29.3 Å². The summed E-state index contributed by atoms with van der Waals surface area (Å²) in [6, 6.07) is 4.34. The van der Waals surface area contributed by atoms with E-state index in [0.29, 0.717) is 13.0 Å². The molecule has 0 spiro atoms. The zero-order valence-electron chi connectivity index (χ0n) is 15.2. The Balaban J connectivity index is 2.42. The van der Waals surface area contributed by atoms with E-state index >= 15 is 0 Å². The number of nitrogens with one attached hydrogen (secondary N) is 3. The van der Waals surface area contributed by atoms with Crippen molar-refractivity contribution in [1.29, 1.82) is 0 Å². The first kappa shape index (κ1) is 21.1. The van der Waals surface area contributed by atoms with Gasteiger partial charge in [0.15, 0.2) is 0 Å². The molecule has 0 unspecified atom stereocenters. The molecule has 8 heteroatoms. The largest absolute Gasteiger partial charge is 0.355 e. The van der Waals surface area contributed by atoms with Gasteiger partial charge in [0.05, 0.1) is 4.90 Å². The molecule has 0 aliphatic rings. The lowest BCUT2D eigenvalue weighted by Gasteiger charge is -2.13. The highest BCUT2D eigenvalue weighted by atomic mass is 32.2. The lowest BCUT2D eigenvalue weighted by Crippen LogP contribution is -2.44. The van der Waals surface area contributed by atoms with E-state index in [-0.39, 0.29) is 29.7 Å². The highest BCUT2D eigenvalue weighted by Crippen LogP contribution is 2.14. The number of hydrogen-bond donors (Lipinski definition) is 3. The molecule has 3 N–H and O–H groups in total. The van der Waals surface area contributed by atoms with E-state index < -0.39 is 16.1 Å². The molecule has 0 bridgehead atoms. The molecule has 1 aromatic carbocycles. The number of carbonyl (C=O) groups excluding carboxylic acids is 2. The van der Waals surface area contributed by atoms with Crippen LogP contribution in [0.2, 0.25) is 0 Å². The Labute approximate surface area is 149 Å².